The molecule has 2 rings (SSSR count). The molecule has 0 aromatic carbocycles. The minimum atomic E-state index is -0.655. The summed E-state index contributed by atoms with van der Waals surface area (Å²) in [5, 5.41) is 9.13. The normalized spacial score (nSPS) is 23.4. The molecule has 0 aromatic rings. The van der Waals surface area contributed by atoms with Crippen LogP contribution in [0.3, 0.4) is 0 Å². The summed E-state index contributed by atoms with van der Waals surface area (Å²) in [6.45, 7) is 1.28. The number of nitrogens with zero attached hydrogens (tertiary/aromatic N) is 1. The van der Waals surface area contributed by atoms with E-state index in [2.05, 4.69) is 4.90 Å². The van der Waals surface area contributed by atoms with Crippen LogP contribution < -0.4 is 0 Å². The van der Waals surface area contributed by atoms with Gasteiger partial charge in [0.05, 0.1) is 6.54 Å². The van der Waals surface area contributed by atoms with Gasteiger partial charge in [0.2, 0.25) is 0 Å². The van der Waals surface area contributed by atoms with Crippen molar-refractivity contribution in [3.05, 3.63) is 0 Å². The molecule has 0 aliphatic heterocycles. The first-order chi connectivity index (χ1) is 9.25. The highest BCUT2D eigenvalue weighted by Gasteiger charge is 2.26. The molecule has 2 saturated carbocycles. The number of carboxylic acids is 1. The third-order valence-corrected chi connectivity index (χ3v) is 4.90. The zero-order valence-electron chi connectivity index (χ0n) is 12.1. The number of hydrogen-bond acceptors (Lipinski definition) is 2. The lowest BCUT2D eigenvalue weighted by molar-refractivity contribution is -0.139. The molecule has 0 amide bonds. The number of rotatable bonds is 5. The van der Waals surface area contributed by atoms with Crippen LogP contribution in [0.1, 0.15) is 70.6 Å². The maximum atomic E-state index is 11.1. The largest absolute Gasteiger partial charge is 0.480 e. The Balaban J connectivity index is 1.87. The van der Waals surface area contributed by atoms with Crippen LogP contribution in [0.4, 0.5) is 0 Å². The second-order valence-electron chi connectivity index (χ2n) is 6.47. The maximum Gasteiger partial charge on any atom is 0.317 e. The number of carbonyl (C=O) groups is 1. The predicted octanol–water partition coefficient (Wildman–Crippen LogP) is 3.68. The Morgan fingerprint density at radius 3 is 2.00 bits per heavy atom. The van der Waals surface area contributed by atoms with Crippen LogP contribution in [-0.4, -0.2) is 35.1 Å². The third-order valence-electron chi connectivity index (χ3n) is 4.90. The summed E-state index contributed by atoms with van der Waals surface area (Å²) >= 11 is 0. The molecule has 19 heavy (non-hydrogen) atoms. The van der Waals surface area contributed by atoms with E-state index in [4.69, 9.17) is 5.11 Å². The quantitative estimate of drug-likeness (QED) is 0.826. The maximum absolute atomic E-state index is 11.1. The van der Waals surface area contributed by atoms with E-state index in [1.807, 2.05) is 0 Å². The van der Waals surface area contributed by atoms with Gasteiger partial charge in [-0.2, -0.15) is 0 Å². The molecule has 2 aliphatic carbocycles. The molecule has 3 nitrogen and oxygen atoms in total. The molecule has 0 spiro atoms. The minimum absolute atomic E-state index is 0.251. The van der Waals surface area contributed by atoms with Gasteiger partial charge in [-0.25, -0.2) is 0 Å². The molecule has 0 saturated heterocycles. The van der Waals surface area contributed by atoms with Gasteiger partial charge < -0.3 is 5.11 Å². The van der Waals surface area contributed by atoms with Gasteiger partial charge in [-0.3, -0.25) is 9.69 Å². The van der Waals surface area contributed by atoms with Gasteiger partial charge in [0.25, 0.3) is 0 Å². The Morgan fingerprint density at radius 1 is 0.895 bits per heavy atom. The Hall–Kier alpha value is -0.570. The van der Waals surface area contributed by atoms with Crippen molar-refractivity contribution >= 4 is 5.97 Å². The van der Waals surface area contributed by atoms with E-state index in [1.165, 1.54) is 70.6 Å². The summed E-state index contributed by atoms with van der Waals surface area (Å²) < 4.78 is 0. The first kappa shape index (κ1) is 14.8. The van der Waals surface area contributed by atoms with Crippen molar-refractivity contribution in [2.45, 2.75) is 76.7 Å². The van der Waals surface area contributed by atoms with E-state index in [9.17, 15) is 4.79 Å². The third kappa shape index (κ3) is 5.13. The lowest BCUT2D eigenvalue weighted by atomic mass is 9.90. The van der Waals surface area contributed by atoms with Gasteiger partial charge in [0.1, 0.15) is 0 Å². The van der Waals surface area contributed by atoms with E-state index in [0.29, 0.717) is 6.04 Å². The van der Waals surface area contributed by atoms with Crippen LogP contribution in [-0.2, 0) is 4.79 Å². The number of aliphatic carboxylic acids is 1. The fourth-order valence-corrected chi connectivity index (χ4v) is 3.84. The highest BCUT2D eigenvalue weighted by Crippen LogP contribution is 2.28. The van der Waals surface area contributed by atoms with Crippen LogP contribution >= 0.6 is 0 Å². The second-order valence-corrected chi connectivity index (χ2v) is 6.47. The van der Waals surface area contributed by atoms with E-state index >= 15 is 0 Å². The monoisotopic (exact) mass is 267 g/mol. The van der Waals surface area contributed by atoms with E-state index in [0.717, 1.165) is 12.5 Å². The predicted molar refractivity (Wildman–Crippen MR) is 77.3 cm³/mol. The molecule has 2 fully saturated rings. The van der Waals surface area contributed by atoms with E-state index < -0.39 is 5.97 Å². The summed E-state index contributed by atoms with van der Waals surface area (Å²) in [6, 6.07) is 0.543. The average molecular weight is 267 g/mol. The van der Waals surface area contributed by atoms with Gasteiger partial charge in [-0.1, -0.05) is 44.9 Å². The molecule has 1 N–H and O–H groups in total. The molecular weight excluding hydrogens is 238 g/mol. The van der Waals surface area contributed by atoms with Gasteiger partial charge in [0, 0.05) is 12.6 Å². The molecular formula is C16H29NO2. The van der Waals surface area contributed by atoms with Crippen molar-refractivity contribution in [3.63, 3.8) is 0 Å². The van der Waals surface area contributed by atoms with E-state index in [1.54, 1.807) is 0 Å². The van der Waals surface area contributed by atoms with Crippen LogP contribution in [0.25, 0.3) is 0 Å². The fraction of sp³-hybridized carbons (Fsp3) is 0.938. The van der Waals surface area contributed by atoms with Gasteiger partial charge in [-0.05, 0) is 31.6 Å². The Labute approximate surface area is 117 Å². The van der Waals surface area contributed by atoms with Crippen LogP contribution in [0.2, 0.25) is 0 Å². The van der Waals surface area contributed by atoms with Crippen molar-refractivity contribution in [2.24, 2.45) is 5.92 Å². The molecule has 2 aliphatic rings. The first-order valence-corrected chi connectivity index (χ1v) is 8.21. The molecule has 0 bridgehead atoms. The lowest BCUT2D eigenvalue weighted by Crippen LogP contribution is -2.40. The molecule has 3 heteroatoms. The van der Waals surface area contributed by atoms with Crippen molar-refractivity contribution in [1.82, 2.24) is 4.90 Å². The molecule has 0 unspecified atom stereocenters. The van der Waals surface area contributed by atoms with Crippen molar-refractivity contribution in [3.8, 4) is 0 Å². The van der Waals surface area contributed by atoms with Crippen molar-refractivity contribution in [2.75, 3.05) is 13.1 Å². The summed E-state index contributed by atoms with van der Waals surface area (Å²) in [5.74, 6) is 0.0815. The SMILES string of the molecule is O=C(O)CN(CC1CCCCCCC1)C1CCCC1. The Bertz CT molecular complexity index is 266. The molecule has 110 valence electrons. The van der Waals surface area contributed by atoms with E-state index in [-0.39, 0.29) is 6.54 Å². The van der Waals surface area contributed by atoms with Crippen molar-refractivity contribution in [1.29, 1.82) is 0 Å². The minimum Gasteiger partial charge on any atom is -0.480 e. The van der Waals surface area contributed by atoms with Gasteiger partial charge in [-0.15, -0.1) is 0 Å². The van der Waals surface area contributed by atoms with Crippen LogP contribution in [0.5, 0.6) is 0 Å². The molecule has 0 radical (unpaired) electrons. The van der Waals surface area contributed by atoms with Crippen LogP contribution in [0.15, 0.2) is 0 Å². The summed E-state index contributed by atoms with van der Waals surface area (Å²) in [7, 11) is 0. The van der Waals surface area contributed by atoms with Crippen molar-refractivity contribution < 1.29 is 9.90 Å². The highest BCUT2D eigenvalue weighted by molar-refractivity contribution is 5.69. The number of hydrogen-bond donors (Lipinski definition) is 1. The fourth-order valence-electron chi connectivity index (χ4n) is 3.84. The lowest BCUT2D eigenvalue weighted by Gasteiger charge is -2.32. The average Bonchev–Trinajstić information content (AvgIpc) is 2.84. The first-order valence-electron chi connectivity index (χ1n) is 8.21. The summed E-state index contributed by atoms with van der Waals surface area (Å²) in [4.78, 5) is 13.4. The summed E-state index contributed by atoms with van der Waals surface area (Å²) in [6.07, 6.45) is 14.4. The highest BCUT2D eigenvalue weighted by atomic mass is 16.4. The Morgan fingerprint density at radius 2 is 1.42 bits per heavy atom. The second kappa shape index (κ2) is 7.88. The molecule has 0 atom stereocenters. The van der Waals surface area contributed by atoms with Gasteiger partial charge >= 0.3 is 5.97 Å². The Kier molecular flexibility index (Phi) is 6.15. The van der Waals surface area contributed by atoms with Crippen LogP contribution in [0, 0.1) is 5.92 Å². The zero-order chi connectivity index (χ0) is 13.5. The zero-order valence-corrected chi connectivity index (χ0v) is 12.1. The molecule has 0 aromatic heterocycles. The number of carboxylic acid groups (broad SMARTS) is 1. The smallest absolute Gasteiger partial charge is 0.317 e. The summed E-state index contributed by atoms with van der Waals surface area (Å²) in [5.41, 5.74) is 0. The molecule has 0 heterocycles. The topological polar surface area (TPSA) is 40.5 Å². The standard InChI is InChI=1S/C16H29NO2/c18-16(19)13-17(15-10-6-7-11-15)12-14-8-4-2-1-3-5-9-14/h14-15H,1-13H2,(H,18,19). The van der Waals surface area contributed by atoms with Gasteiger partial charge in [0.15, 0.2) is 0 Å².